The van der Waals surface area contributed by atoms with E-state index in [4.69, 9.17) is 4.74 Å². The minimum Gasteiger partial charge on any atom is -0.496 e. The van der Waals surface area contributed by atoms with Crippen molar-refractivity contribution in [2.75, 3.05) is 20.7 Å². The van der Waals surface area contributed by atoms with Gasteiger partial charge in [-0.05, 0) is 44.6 Å². The number of rotatable bonds is 4. The molecule has 0 radical (unpaired) electrons. The van der Waals surface area contributed by atoms with Gasteiger partial charge in [-0.2, -0.15) is 0 Å². The summed E-state index contributed by atoms with van der Waals surface area (Å²) in [5.74, 6) is 0.946. The van der Waals surface area contributed by atoms with Gasteiger partial charge in [-0.25, -0.2) is 0 Å². The van der Waals surface area contributed by atoms with Crippen molar-refractivity contribution in [3.8, 4) is 5.75 Å². The van der Waals surface area contributed by atoms with Gasteiger partial charge in [-0.1, -0.05) is 15.9 Å². The van der Waals surface area contributed by atoms with Crippen molar-refractivity contribution in [2.24, 2.45) is 0 Å². The Balaban J connectivity index is 2.31. The zero-order valence-corrected chi connectivity index (χ0v) is 11.9. The van der Waals surface area contributed by atoms with Crippen LogP contribution in [-0.2, 0) is 0 Å². The van der Waals surface area contributed by atoms with Crippen LogP contribution < -0.4 is 15.4 Å². The largest absolute Gasteiger partial charge is 0.496 e. The van der Waals surface area contributed by atoms with E-state index in [2.05, 4.69) is 32.6 Å². The van der Waals surface area contributed by atoms with Crippen molar-refractivity contribution < 1.29 is 4.74 Å². The van der Waals surface area contributed by atoms with Gasteiger partial charge in [-0.15, -0.1) is 0 Å². The maximum atomic E-state index is 5.45. The van der Waals surface area contributed by atoms with Crippen LogP contribution in [0, 0.1) is 0 Å². The van der Waals surface area contributed by atoms with Crippen molar-refractivity contribution in [3.63, 3.8) is 0 Å². The average molecular weight is 299 g/mol. The molecule has 0 aromatic heterocycles. The van der Waals surface area contributed by atoms with E-state index in [0.717, 1.165) is 16.8 Å². The van der Waals surface area contributed by atoms with Gasteiger partial charge in [0.2, 0.25) is 0 Å². The number of benzene rings is 1. The summed E-state index contributed by atoms with van der Waals surface area (Å²) in [7, 11) is 3.73. The molecular formula is C13H19BrN2O. The number of nitrogens with one attached hydrogen (secondary N) is 2. The Morgan fingerprint density at radius 2 is 2.35 bits per heavy atom. The van der Waals surface area contributed by atoms with E-state index in [1.807, 2.05) is 19.2 Å². The smallest absolute Gasteiger partial charge is 0.123 e. The summed E-state index contributed by atoms with van der Waals surface area (Å²) in [5.41, 5.74) is 1.21. The van der Waals surface area contributed by atoms with Gasteiger partial charge in [0.15, 0.2) is 0 Å². The van der Waals surface area contributed by atoms with E-state index in [1.165, 1.54) is 18.4 Å². The summed E-state index contributed by atoms with van der Waals surface area (Å²) < 4.78 is 6.54. The number of likely N-dealkylation sites (N-methyl/N-ethyl adjacent to an activating group) is 1. The maximum Gasteiger partial charge on any atom is 0.123 e. The number of hydrogen-bond donors (Lipinski definition) is 2. The Bertz CT molecular complexity index is 378. The SMILES string of the molecule is CNC(c1cc(Br)ccc1OC)C1CCCN1. The van der Waals surface area contributed by atoms with E-state index in [9.17, 15) is 0 Å². The van der Waals surface area contributed by atoms with Crippen LogP contribution in [0.15, 0.2) is 22.7 Å². The molecule has 1 aliphatic heterocycles. The highest BCUT2D eigenvalue weighted by atomic mass is 79.9. The quantitative estimate of drug-likeness (QED) is 0.896. The summed E-state index contributed by atoms with van der Waals surface area (Å²) in [5, 5.41) is 6.94. The van der Waals surface area contributed by atoms with Crippen molar-refractivity contribution >= 4 is 15.9 Å². The molecule has 17 heavy (non-hydrogen) atoms. The lowest BCUT2D eigenvalue weighted by Crippen LogP contribution is -2.36. The molecule has 0 aliphatic carbocycles. The lowest BCUT2D eigenvalue weighted by atomic mass is 9.97. The molecule has 1 aromatic rings. The minimum absolute atomic E-state index is 0.296. The van der Waals surface area contributed by atoms with Gasteiger partial charge < -0.3 is 15.4 Å². The maximum absolute atomic E-state index is 5.45. The predicted molar refractivity (Wildman–Crippen MR) is 73.5 cm³/mol. The molecule has 2 rings (SSSR count). The fourth-order valence-corrected chi connectivity index (χ4v) is 2.90. The van der Waals surface area contributed by atoms with Crippen LogP contribution in [0.3, 0.4) is 0 Å². The van der Waals surface area contributed by atoms with Crippen molar-refractivity contribution in [1.82, 2.24) is 10.6 Å². The molecular weight excluding hydrogens is 280 g/mol. The normalized spacial score (nSPS) is 21.5. The van der Waals surface area contributed by atoms with E-state index < -0.39 is 0 Å². The van der Waals surface area contributed by atoms with Gasteiger partial charge in [0, 0.05) is 16.1 Å². The molecule has 0 bridgehead atoms. The molecule has 2 atom stereocenters. The Morgan fingerprint density at radius 3 is 2.94 bits per heavy atom. The summed E-state index contributed by atoms with van der Waals surface area (Å²) in [6.07, 6.45) is 2.46. The second-order valence-electron chi connectivity index (χ2n) is 4.36. The van der Waals surface area contributed by atoms with Crippen molar-refractivity contribution in [3.05, 3.63) is 28.2 Å². The number of methoxy groups -OCH3 is 1. The molecule has 1 aromatic carbocycles. The van der Waals surface area contributed by atoms with E-state index >= 15 is 0 Å². The summed E-state index contributed by atoms with van der Waals surface area (Å²) in [6, 6.07) is 6.95. The number of ether oxygens (including phenoxy) is 1. The number of hydrogen-bond acceptors (Lipinski definition) is 3. The third kappa shape index (κ3) is 2.81. The predicted octanol–water partition coefficient (Wildman–Crippen LogP) is 2.47. The van der Waals surface area contributed by atoms with Gasteiger partial charge >= 0.3 is 0 Å². The lowest BCUT2D eigenvalue weighted by molar-refractivity contribution is 0.382. The van der Waals surface area contributed by atoms with E-state index in [-0.39, 0.29) is 0 Å². The zero-order valence-electron chi connectivity index (χ0n) is 10.3. The van der Waals surface area contributed by atoms with Crippen molar-refractivity contribution in [1.29, 1.82) is 0 Å². The van der Waals surface area contributed by atoms with Crippen LogP contribution in [0.2, 0.25) is 0 Å². The van der Waals surface area contributed by atoms with Gasteiger partial charge in [-0.3, -0.25) is 0 Å². The molecule has 1 saturated heterocycles. The third-order valence-electron chi connectivity index (χ3n) is 3.34. The third-order valence-corrected chi connectivity index (χ3v) is 3.83. The zero-order chi connectivity index (χ0) is 12.3. The molecule has 2 unspecified atom stereocenters. The second-order valence-corrected chi connectivity index (χ2v) is 5.27. The van der Waals surface area contributed by atoms with Crippen LogP contribution >= 0.6 is 15.9 Å². The molecule has 4 heteroatoms. The Kier molecular flexibility index (Phi) is 4.42. The molecule has 1 heterocycles. The Morgan fingerprint density at radius 1 is 1.53 bits per heavy atom. The summed E-state index contributed by atoms with van der Waals surface area (Å²) in [4.78, 5) is 0. The molecule has 94 valence electrons. The first-order chi connectivity index (χ1) is 8.26. The number of halogens is 1. The minimum atomic E-state index is 0.296. The van der Waals surface area contributed by atoms with Crippen LogP contribution in [0.5, 0.6) is 5.75 Å². The average Bonchev–Trinajstić information content (AvgIpc) is 2.84. The fourth-order valence-electron chi connectivity index (χ4n) is 2.52. The van der Waals surface area contributed by atoms with E-state index in [0.29, 0.717) is 12.1 Å². The monoisotopic (exact) mass is 298 g/mol. The van der Waals surface area contributed by atoms with Crippen molar-refractivity contribution in [2.45, 2.75) is 24.9 Å². The molecule has 1 aliphatic rings. The molecule has 0 amide bonds. The van der Waals surface area contributed by atoms with Gasteiger partial charge in [0.05, 0.1) is 13.2 Å². The summed E-state index contributed by atoms with van der Waals surface area (Å²) in [6.45, 7) is 1.11. The van der Waals surface area contributed by atoms with Gasteiger partial charge in [0.25, 0.3) is 0 Å². The van der Waals surface area contributed by atoms with Crippen LogP contribution in [0.1, 0.15) is 24.4 Å². The molecule has 0 saturated carbocycles. The molecule has 1 fully saturated rings. The Labute approximate surface area is 111 Å². The second kappa shape index (κ2) is 5.85. The first-order valence-corrected chi connectivity index (χ1v) is 6.79. The molecule has 0 spiro atoms. The van der Waals surface area contributed by atoms with Crippen LogP contribution in [0.4, 0.5) is 0 Å². The molecule has 3 nitrogen and oxygen atoms in total. The van der Waals surface area contributed by atoms with Gasteiger partial charge in [0.1, 0.15) is 5.75 Å². The van der Waals surface area contributed by atoms with E-state index in [1.54, 1.807) is 7.11 Å². The topological polar surface area (TPSA) is 33.3 Å². The standard InChI is InChI=1S/C13H19BrN2O/c1-15-13(11-4-3-7-16-11)10-8-9(14)5-6-12(10)17-2/h5-6,8,11,13,15-16H,3-4,7H2,1-2H3. The molecule has 2 N–H and O–H groups in total. The van der Waals surface area contributed by atoms with Crippen LogP contribution in [0.25, 0.3) is 0 Å². The highest BCUT2D eigenvalue weighted by Gasteiger charge is 2.26. The first-order valence-electron chi connectivity index (χ1n) is 6.00. The first kappa shape index (κ1) is 12.9. The van der Waals surface area contributed by atoms with Crippen LogP contribution in [-0.4, -0.2) is 26.7 Å². The highest BCUT2D eigenvalue weighted by Crippen LogP contribution is 2.32. The summed E-state index contributed by atoms with van der Waals surface area (Å²) >= 11 is 3.53. The fraction of sp³-hybridized carbons (Fsp3) is 0.538. The lowest BCUT2D eigenvalue weighted by Gasteiger charge is -2.25. The Hall–Kier alpha value is -0.580. The highest BCUT2D eigenvalue weighted by molar-refractivity contribution is 9.10.